The summed E-state index contributed by atoms with van der Waals surface area (Å²) in [5.41, 5.74) is 6.46. The van der Waals surface area contributed by atoms with Gasteiger partial charge in [0.25, 0.3) is 5.91 Å². The predicted octanol–water partition coefficient (Wildman–Crippen LogP) is 0.969. The van der Waals surface area contributed by atoms with E-state index in [1.165, 1.54) is 0 Å². The second kappa shape index (κ2) is 6.60. The van der Waals surface area contributed by atoms with Gasteiger partial charge in [-0.05, 0) is 19.1 Å². The van der Waals surface area contributed by atoms with E-state index in [4.69, 9.17) is 5.73 Å². The minimum absolute atomic E-state index is 0.0327. The standard InChI is InChI=1S/C14H17N3OS/c1-11-10-19-9-8-17(11)14(18)13-12(4-2-6-15)5-3-7-16-13/h3,5,7,11H,6,8-10,15H2,1H3. The van der Waals surface area contributed by atoms with E-state index >= 15 is 0 Å². The first-order valence-corrected chi connectivity index (χ1v) is 7.42. The topological polar surface area (TPSA) is 59.2 Å². The van der Waals surface area contributed by atoms with Crippen LogP contribution in [0.5, 0.6) is 0 Å². The zero-order valence-electron chi connectivity index (χ0n) is 10.9. The Morgan fingerprint density at radius 3 is 3.26 bits per heavy atom. The van der Waals surface area contributed by atoms with Crippen molar-refractivity contribution in [3.8, 4) is 11.8 Å². The van der Waals surface area contributed by atoms with Crippen LogP contribution < -0.4 is 5.73 Å². The Morgan fingerprint density at radius 1 is 1.68 bits per heavy atom. The molecule has 0 aliphatic carbocycles. The molecule has 1 fully saturated rings. The molecule has 0 radical (unpaired) electrons. The van der Waals surface area contributed by atoms with Crippen molar-refractivity contribution in [2.45, 2.75) is 13.0 Å². The van der Waals surface area contributed by atoms with Crippen LogP contribution in [-0.2, 0) is 0 Å². The maximum absolute atomic E-state index is 12.5. The minimum Gasteiger partial charge on any atom is -0.333 e. The average molecular weight is 275 g/mol. The number of carbonyl (C=O) groups is 1. The van der Waals surface area contributed by atoms with Crippen molar-refractivity contribution in [1.29, 1.82) is 0 Å². The van der Waals surface area contributed by atoms with Gasteiger partial charge in [0.05, 0.1) is 12.1 Å². The number of nitrogens with two attached hydrogens (primary N) is 1. The van der Waals surface area contributed by atoms with Gasteiger partial charge in [-0.25, -0.2) is 4.98 Å². The smallest absolute Gasteiger partial charge is 0.274 e. The Bertz CT molecular complexity index is 521. The van der Waals surface area contributed by atoms with E-state index in [1.54, 1.807) is 12.3 Å². The van der Waals surface area contributed by atoms with Crippen LogP contribution >= 0.6 is 11.8 Å². The highest BCUT2D eigenvalue weighted by Crippen LogP contribution is 2.19. The molecule has 1 atom stereocenters. The number of hydrogen-bond donors (Lipinski definition) is 1. The van der Waals surface area contributed by atoms with Crippen molar-refractivity contribution in [2.75, 3.05) is 24.6 Å². The summed E-state index contributed by atoms with van der Waals surface area (Å²) in [6.45, 7) is 3.11. The molecule has 1 unspecified atom stereocenters. The van der Waals surface area contributed by atoms with Crippen molar-refractivity contribution >= 4 is 17.7 Å². The van der Waals surface area contributed by atoms with E-state index in [0.717, 1.165) is 18.1 Å². The number of amides is 1. The number of carbonyl (C=O) groups excluding carboxylic acids is 1. The summed E-state index contributed by atoms with van der Waals surface area (Å²) in [4.78, 5) is 18.6. The van der Waals surface area contributed by atoms with Crippen LogP contribution in [0.1, 0.15) is 23.0 Å². The maximum Gasteiger partial charge on any atom is 0.274 e. The van der Waals surface area contributed by atoms with E-state index in [1.807, 2.05) is 22.7 Å². The summed E-state index contributed by atoms with van der Waals surface area (Å²) in [6, 6.07) is 3.84. The first-order valence-electron chi connectivity index (χ1n) is 6.26. The van der Waals surface area contributed by atoms with Gasteiger partial charge in [-0.3, -0.25) is 4.79 Å². The van der Waals surface area contributed by atoms with Crippen LogP contribution in [0.2, 0.25) is 0 Å². The van der Waals surface area contributed by atoms with Gasteiger partial charge in [0.1, 0.15) is 5.69 Å². The Labute approximate surface area is 117 Å². The van der Waals surface area contributed by atoms with E-state index < -0.39 is 0 Å². The molecule has 0 aromatic carbocycles. The molecule has 0 bridgehead atoms. The number of hydrogen-bond acceptors (Lipinski definition) is 4. The zero-order valence-corrected chi connectivity index (χ0v) is 11.7. The minimum atomic E-state index is -0.0327. The molecule has 1 aliphatic heterocycles. The molecule has 1 aliphatic rings. The van der Waals surface area contributed by atoms with E-state index in [-0.39, 0.29) is 18.5 Å². The first-order chi connectivity index (χ1) is 9.24. The zero-order chi connectivity index (χ0) is 13.7. The molecule has 1 amide bonds. The summed E-state index contributed by atoms with van der Waals surface area (Å²) in [5.74, 6) is 7.62. The molecule has 1 aromatic rings. The fraction of sp³-hybridized carbons (Fsp3) is 0.429. The number of nitrogens with zero attached hydrogens (tertiary/aromatic N) is 2. The third-order valence-corrected chi connectivity index (χ3v) is 4.15. The number of pyridine rings is 1. The van der Waals surface area contributed by atoms with E-state index in [9.17, 15) is 4.79 Å². The molecule has 4 nitrogen and oxygen atoms in total. The lowest BCUT2D eigenvalue weighted by atomic mass is 10.1. The molecule has 1 aromatic heterocycles. The molecule has 0 saturated carbocycles. The van der Waals surface area contributed by atoms with Gasteiger partial charge in [-0.1, -0.05) is 11.8 Å². The Hall–Kier alpha value is -1.51. The molecule has 19 heavy (non-hydrogen) atoms. The third-order valence-electron chi connectivity index (χ3n) is 2.96. The fourth-order valence-electron chi connectivity index (χ4n) is 1.99. The van der Waals surface area contributed by atoms with Gasteiger partial charge in [0, 0.05) is 30.3 Å². The lowest BCUT2D eigenvalue weighted by Crippen LogP contribution is -2.45. The molecule has 100 valence electrons. The lowest BCUT2D eigenvalue weighted by molar-refractivity contribution is 0.0709. The van der Waals surface area contributed by atoms with Gasteiger partial charge in [-0.2, -0.15) is 11.8 Å². The number of thioether (sulfide) groups is 1. The molecule has 2 N–H and O–H groups in total. The Morgan fingerprint density at radius 2 is 2.53 bits per heavy atom. The van der Waals surface area contributed by atoms with Crippen LogP contribution in [0.3, 0.4) is 0 Å². The molecule has 5 heteroatoms. The van der Waals surface area contributed by atoms with Crippen LogP contribution in [0.25, 0.3) is 0 Å². The van der Waals surface area contributed by atoms with Crippen molar-refractivity contribution in [1.82, 2.24) is 9.88 Å². The molecular weight excluding hydrogens is 258 g/mol. The van der Waals surface area contributed by atoms with Gasteiger partial charge in [0.2, 0.25) is 0 Å². The highest BCUT2D eigenvalue weighted by atomic mass is 32.2. The third kappa shape index (κ3) is 3.28. The van der Waals surface area contributed by atoms with Crippen LogP contribution in [0.15, 0.2) is 18.3 Å². The lowest BCUT2D eigenvalue weighted by Gasteiger charge is -2.32. The molecule has 2 rings (SSSR count). The summed E-state index contributed by atoms with van der Waals surface area (Å²) in [7, 11) is 0. The number of aromatic nitrogens is 1. The highest BCUT2D eigenvalue weighted by Gasteiger charge is 2.26. The van der Waals surface area contributed by atoms with Gasteiger partial charge in [-0.15, -0.1) is 0 Å². The van der Waals surface area contributed by atoms with Gasteiger partial charge < -0.3 is 10.6 Å². The SMILES string of the molecule is CC1CSCCN1C(=O)c1ncccc1C#CCN. The first kappa shape index (κ1) is 13.9. The quantitative estimate of drug-likeness (QED) is 0.776. The molecule has 2 heterocycles. The molecule has 1 saturated heterocycles. The Kier molecular flexibility index (Phi) is 4.83. The molecule has 0 spiro atoms. The summed E-state index contributed by atoms with van der Waals surface area (Å²) >= 11 is 1.88. The van der Waals surface area contributed by atoms with Crippen molar-refractivity contribution in [3.63, 3.8) is 0 Å². The molecular formula is C14H17N3OS. The normalized spacial score (nSPS) is 18.6. The van der Waals surface area contributed by atoms with Gasteiger partial charge >= 0.3 is 0 Å². The summed E-state index contributed by atoms with van der Waals surface area (Å²) in [5, 5.41) is 0. The largest absolute Gasteiger partial charge is 0.333 e. The predicted molar refractivity (Wildman–Crippen MR) is 78.0 cm³/mol. The number of rotatable bonds is 1. The second-order valence-corrected chi connectivity index (χ2v) is 5.48. The highest BCUT2D eigenvalue weighted by molar-refractivity contribution is 7.99. The second-order valence-electron chi connectivity index (χ2n) is 4.33. The summed E-state index contributed by atoms with van der Waals surface area (Å²) in [6.07, 6.45) is 1.63. The van der Waals surface area contributed by atoms with E-state index in [2.05, 4.69) is 23.7 Å². The average Bonchev–Trinajstić information content (AvgIpc) is 2.45. The van der Waals surface area contributed by atoms with Crippen molar-refractivity contribution < 1.29 is 4.79 Å². The summed E-state index contributed by atoms with van der Waals surface area (Å²) < 4.78 is 0. The van der Waals surface area contributed by atoms with Crippen LogP contribution in [-0.4, -0.2) is 46.4 Å². The van der Waals surface area contributed by atoms with Crippen molar-refractivity contribution in [2.24, 2.45) is 5.73 Å². The van der Waals surface area contributed by atoms with Crippen LogP contribution in [0.4, 0.5) is 0 Å². The fourth-order valence-corrected chi connectivity index (χ4v) is 3.00. The van der Waals surface area contributed by atoms with E-state index in [0.29, 0.717) is 11.3 Å². The van der Waals surface area contributed by atoms with Gasteiger partial charge in [0.15, 0.2) is 0 Å². The van der Waals surface area contributed by atoms with Crippen LogP contribution in [0, 0.1) is 11.8 Å². The maximum atomic E-state index is 12.5. The Balaban J connectivity index is 2.27. The monoisotopic (exact) mass is 275 g/mol. The van der Waals surface area contributed by atoms with Crippen molar-refractivity contribution in [3.05, 3.63) is 29.6 Å².